The number of hydrogen-bond donors (Lipinski definition) is 1. The average Bonchev–Trinajstić information content (AvgIpc) is 2.80. The number of thiazole rings is 1. The predicted molar refractivity (Wildman–Crippen MR) is 80.6 cm³/mol. The second kappa shape index (κ2) is 6.67. The highest BCUT2D eigenvalue weighted by Crippen LogP contribution is 2.28. The number of benzene rings is 1. The third-order valence-electron chi connectivity index (χ3n) is 2.30. The molecule has 0 saturated heterocycles. The Bertz CT molecular complexity index is 607. The summed E-state index contributed by atoms with van der Waals surface area (Å²) in [6.07, 6.45) is 1.47. The molecule has 0 amide bonds. The molecule has 1 aromatic heterocycles. The number of nitrogens with zero attached hydrogens (tertiary/aromatic N) is 2. The van der Waals surface area contributed by atoms with Crippen LogP contribution in [0.2, 0.25) is 5.02 Å². The Morgan fingerprint density at radius 2 is 2.35 bits per heavy atom. The number of aromatic nitrogens is 1. The lowest BCUT2D eigenvalue weighted by molar-refractivity contribution is 0.322. The molecule has 0 unspecified atom stereocenters. The van der Waals surface area contributed by atoms with Crippen LogP contribution in [0.1, 0.15) is 18.2 Å². The summed E-state index contributed by atoms with van der Waals surface area (Å²) in [7, 11) is 0. The number of nitrogens with one attached hydrogen (secondary N) is 1. The Balaban J connectivity index is 2.09. The zero-order valence-corrected chi connectivity index (χ0v) is 12.6. The molecule has 0 aliphatic heterocycles. The third kappa shape index (κ3) is 3.68. The normalized spacial score (nSPS) is 11.0. The molecule has 20 heavy (non-hydrogen) atoms. The number of aryl methyl sites for hydroxylation is 1. The van der Waals surface area contributed by atoms with Crippen molar-refractivity contribution in [2.75, 3.05) is 12.0 Å². The van der Waals surface area contributed by atoms with Crippen molar-refractivity contribution in [3.05, 3.63) is 39.6 Å². The van der Waals surface area contributed by atoms with Crippen LogP contribution >= 0.6 is 22.9 Å². The van der Waals surface area contributed by atoms with Gasteiger partial charge in [0.25, 0.3) is 0 Å². The van der Waals surface area contributed by atoms with E-state index in [1.807, 2.05) is 12.3 Å². The SMILES string of the molecule is CCOc1c(F)cc(C=NNc2nc(C)cs2)cc1Cl. The van der Waals surface area contributed by atoms with Gasteiger partial charge in [0.05, 0.1) is 23.5 Å². The second-order valence-corrected chi connectivity index (χ2v) is 5.18. The maximum Gasteiger partial charge on any atom is 0.203 e. The topological polar surface area (TPSA) is 46.5 Å². The minimum atomic E-state index is -0.508. The van der Waals surface area contributed by atoms with Gasteiger partial charge in [0.15, 0.2) is 11.6 Å². The Kier molecular flexibility index (Phi) is 4.92. The van der Waals surface area contributed by atoms with Crippen LogP contribution in [0.3, 0.4) is 0 Å². The maximum atomic E-state index is 13.7. The lowest BCUT2D eigenvalue weighted by Gasteiger charge is -2.07. The number of anilines is 1. The van der Waals surface area contributed by atoms with Gasteiger partial charge in [0, 0.05) is 5.38 Å². The third-order valence-corrected chi connectivity index (χ3v) is 3.45. The van der Waals surface area contributed by atoms with E-state index in [-0.39, 0.29) is 10.8 Å². The first kappa shape index (κ1) is 14.7. The van der Waals surface area contributed by atoms with E-state index in [9.17, 15) is 4.39 Å². The highest BCUT2D eigenvalue weighted by atomic mass is 35.5. The number of hydrogen-bond acceptors (Lipinski definition) is 5. The molecule has 0 radical (unpaired) electrons. The van der Waals surface area contributed by atoms with E-state index in [1.54, 1.807) is 13.0 Å². The number of hydrazone groups is 1. The Hall–Kier alpha value is -1.66. The number of rotatable bonds is 5. The van der Waals surface area contributed by atoms with Crippen molar-refractivity contribution in [1.82, 2.24) is 4.98 Å². The van der Waals surface area contributed by atoms with Crippen molar-refractivity contribution in [2.45, 2.75) is 13.8 Å². The molecular formula is C13H13ClFN3OS. The zero-order chi connectivity index (χ0) is 14.5. The van der Waals surface area contributed by atoms with E-state index < -0.39 is 5.82 Å². The van der Waals surface area contributed by atoms with Gasteiger partial charge in [0.1, 0.15) is 0 Å². The molecule has 106 valence electrons. The minimum Gasteiger partial charge on any atom is -0.489 e. The van der Waals surface area contributed by atoms with Crippen LogP contribution < -0.4 is 10.2 Å². The summed E-state index contributed by atoms with van der Waals surface area (Å²) < 4.78 is 18.9. The van der Waals surface area contributed by atoms with Crippen LogP contribution in [0, 0.1) is 12.7 Å². The second-order valence-electron chi connectivity index (χ2n) is 3.91. The summed E-state index contributed by atoms with van der Waals surface area (Å²) in [5, 5.41) is 6.80. The number of ether oxygens (including phenoxy) is 1. The quantitative estimate of drug-likeness (QED) is 0.668. The molecule has 2 aromatic rings. The van der Waals surface area contributed by atoms with Crippen LogP contribution in [-0.4, -0.2) is 17.8 Å². The molecule has 2 rings (SSSR count). The van der Waals surface area contributed by atoms with E-state index in [2.05, 4.69) is 15.5 Å². The summed E-state index contributed by atoms with van der Waals surface area (Å²) in [6, 6.07) is 2.91. The first-order chi connectivity index (χ1) is 9.60. The van der Waals surface area contributed by atoms with Crippen LogP contribution in [0.25, 0.3) is 0 Å². The average molecular weight is 314 g/mol. The summed E-state index contributed by atoms with van der Waals surface area (Å²) >= 11 is 7.40. The van der Waals surface area contributed by atoms with Gasteiger partial charge in [-0.3, -0.25) is 5.43 Å². The highest BCUT2D eigenvalue weighted by Gasteiger charge is 2.09. The monoisotopic (exact) mass is 313 g/mol. The first-order valence-electron chi connectivity index (χ1n) is 5.93. The van der Waals surface area contributed by atoms with Gasteiger partial charge in [-0.25, -0.2) is 9.37 Å². The standard InChI is InChI=1S/C13H13ClFN3OS/c1-3-19-12-10(14)4-9(5-11(12)15)6-16-18-13-17-8(2)7-20-13/h4-7H,3H2,1-2H3,(H,17,18). The van der Waals surface area contributed by atoms with Crippen LogP contribution in [0.4, 0.5) is 9.52 Å². The van der Waals surface area contributed by atoms with Crippen molar-refractivity contribution >= 4 is 34.3 Å². The summed E-state index contributed by atoms with van der Waals surface area (Å²) in [6.45, 7) is 4.02. The maximum absolute atomic E-state index is 13.7. The Morgan fingerprint density at radius 1 is 1.55 bits per heavy atom. The van der Waals surface area contributed by atoms with E-state index in [0.717, 1.165) is 5.69 Å². The molecule has 0 spiro atoms. The lowest BCUT2D eigenvalue weighted by Crippen LogP contribution is -1.97. The molecule has 1 aromatic carbocycles. The molecule has 0 atom stereocenters. The summed E-state index contributed by atoms with van der Waals surface area (Å²) in [5.41, 5.74) is 4.23. The van der Waals surface area contributed by atoms with Crippen molar-refractivity contribution in [3.8, 4) is 5.75 Å². The van der Waals surface area contributed by atoms with E-state index in [0.29, 0.717) is 17.3 Å². The van der Waals surface area contributed by atoms with Gasteiger partial charge in [0.2, 0.25) is 5.13 Å². The van der Waals surface area contributed by atoms with E-state index >= 15 is 0 Å². The van der Waals surface area contributed by atoms with Crippen LogP contribution in [-0.2, 0) is 0 Å². The lowest BCUT2D eigenvalue weighted by atomic mass is 10.2. The van der Waals surface area contributed by atoms with Crippen LogP contribution in [0.5, 0.6) is 5.75 Å². The van der Waals surface area contributed by atoms with Crippen molar-refractivity contribution in [3.63, 3.8) is 0 Å². The molecule has 0 bridgehead atoms. The van der Waals surface area contributed by atoms with Gasteiger partial charge < -0.3 is 4.74 Å². The molecule has 0 aliphatic rings. The van der Waals surface area contributed by atoms with E-state index in [4.69, 9.17) is 16.3 Å². The smallest absolute Gasteiger partial charge is 0.203 e. The summed E-state index contributed by atoms with van der Waals surface area (Å²) in [4.78, 5) is 4.19. The van der Waals surface area contributed by atoms with Crippen molar-refractivity contribution < 1.29 is 9.13 Å². The molecular weight excluding hydrogens is 301 g/mol. The molecule has 0 fully saturated rings. The zero-order valence-electron chi connectivity index (χ0n) is 11.0. The fourth-order valence-corrected chi connectivity index (χ4v) is 2.41. The van der Waals surface area contributed by atoms with Gasteiger partial charge >= 0.3 is 0 Å². The minimum absolute atomic E-state index is 0.0647. The largest absolute Gasteiger partial charge is 0.489 e. The van der Waals surface area contributed by atoms with Crippen LogP contribution in [0.15, 0.2) is 22.6 Å². The fourth-order valence-electron chi connectivity index (χ4n) is 1.50. The Labute approximate surface area is 125 Å². The number of halogens is 2. The van der Waals surface area contributed by atoms with Gasteiger partial charge in [-0.1, -0.05) is 11.6 Å². The van der Waals surface area contributed by atoms with Gasteiger partial charge in [-0.05, 0) is 31.5 Å². The molecule has 1 N–H and O–H groups in total. The highest BCUT2D eigenvalue weighted by molar-refractivity contribution is 7.13. The molecule has 0 saturated carbocycles. The molecule has 7 heteroatoms. The molecule has 0 aliphatic carbocycles. The predicted octanol–water partition coefficient (Wildman–Crippen LogP) is 4.09. The summed E-state index contributed by atoms with van der Waals surface area (Å²) in [5.74, 6) is -0.444. The van der Waals surface area contributed by atoms with Crippen molar-refractivity contribution in [1.29, 1.82) is 0 Å². The van der Waals surface area contributed by atoms with Gasteiger partial charge in [-0.15, -0.1) is 11.3 Å². The van der Waals surface area contributed by atoms with Crippen molar-refractivity contribution in [2.24, 2.45) is 5.10 Å². The first-order valence-corrected chi connectivity index (χ1v) is 7.19. The molecule has 1 heterocycles. The van der Waals surface area contributed by atoms with Gasteiger partial charge in [-0.2, -0.15) is 5.10 Å². The Morgan fingerprint density at radius 3 is 2.95 bits per heavy atom. The van der Waals surface area contributed by atoms with E-state index in [1.165, 1.54) is 23.6 Å². The molecule has 4 nitrogen and oxygen atoms in total. The fraction of sp³-hybridized carbons (Fsp3) is 0.231.